The summed E-state index contributed by atoms with van der Waals surface area (Å²) in [7, 11) is 1.55. The summed E-state index contributed by atoms with van der Waals surface area (Å²) in [5.74, 6) is 5.47. The van der Waals surface area contributed by atoms with E-state index in [9.17, 15) is 0 Å². The van der Waals surface area contributed by atoms with Crippen LogP contribution in [0.3, 0.4) is 0 Å². The average molecular weight is 233 g/mol. The second kappa shape index (κ2) is 4.39. The molecule has 0 saturated carbocycles. The van der Waals surface area contributed by atoms with Crippen LogP contribution in [0.2, 0.25) is 0 Å². The van der Waals surface area contributed by atoms with E-state index in [4.69, 9.17) is 10.6 Å². The first kappa shape index (κ1) is 9.44. The third-order valence-electron chi connectivity index (χ3n) is 1.32. The molecule has 0 atom stereocenters. The fourth-order valence-corrected chi connectivity index (χ4v) is 1.22. The highest BCUT2D eigenvalue weighted by atomic mass is 79.9. The smallest absolute Gasteiger partial charge is 0.218 e. The molecule has 0 unspecified atom stereocenters. The van der Waals surface area contributed by atoms with Crippen LogP contribution in [-0.4, -0.2) is 12.1 Å². The standard InChI is InChI=1S/C7H9BrN2O2/c1-11-7-5(4-12-9)2-6(8)3-10-7/h2-3H,4,9H2,1H3. The molecule has 2 N–H and O–H groups in total. The Balaban J connectivity index is 2.95. The molecule has 4 nitrogen and oxygen atoms in total. The Morgan fingerprint density at radius 2 is 2.42 bits per heavy atom. The molecule has 1 rings (SSSR count). The van der Waals surface area contributed by atoms with E-state index < -0.39 is 0 Å². The SMILES string of the molecule is COc1ncc(Br)cc1CON. The zero-order valence-electron chi connectivity index (χ0n) is 6.58. The summed E-state index contributed by atoms with van der Waals surface area (Å²) in [6.07, 6.45) is 1.65. The Bertz CT molecular complexity index is 268. The normalized spacial score (nSPS) is 9.92. The van der Waals surface area contributed by atoms with Gasteiger partial charge in [0.2, 0.25) is 5.88 Å². The quantitative estimate of drug-likeness (QED) is 0.798. The molecule has 1 aromatic rings. The van der Waals surface area contributed by atoms with Crippen LogP contribution in [0.5, 0.6) is 5.88 Å². The lowest BCUT2D eigenvalue weighted by molar-refractivity contribution is 0.121. The molecule has 1 heterocycles. The zero-order chi connectivity index (χ0) is 8.97. The van der Waals surface area contributed by atoms with E-state index in [-0.39, 0.29) is 6.61 Å². The molecule has 0 amide bonds. The number of pyridine rings is 1. The summed E-state index contributed by atoms with van der Waals surface area (Å²) in [6.45, 7) is 0.287. The number of nitrogens with two attached hydrogens (primary N) is 1. The van der Waals surface area contributed by atoms with Crippen LogP contribution >= 0.6 is 15.9 Å². The van der Waals surface area contributed by atoms with E-state index in [0.717, 1.165) is 10.0 Å². The van der Waals surface area contributed by atoms with Crippen molar-refractivity contribution in [2.24, 2.45) is 5.90 Å². The van der Waals surface area contributed by atoms with Gasteiger partial charge in [0, 0.05) is 16.2 Å². The van der Waals surface area contributed by atoms with Crippen molar-refractivity contribution in [3.05, 3.63) is 22.3 Å². The molecule has 1 aromatic heterocycles. The van der Waals surface area contributed by atoms with Crippen molar-refractivity contribution in [2.45, 2.75) is 6.61 Å². The number of hydrogen-bond acceptors (Lipinski definition) is 4. The van der Waals surface area contributed by atoms with Crippen molar-refractivity contribution in [3.8, 4) is 5.88 Å². The maximum absolute atomic E-state index is 4.99. The molecule has 0 bridgehead atoms. The molecule has 0 saturated heterocycles. The summed E-state index contributed by atoms with van der Waals surface area (Å²) < 4.78 is 5.86. The van der Waals surface area contributed by atoms with E-state index in [1.807, 2.05) is 6.07 Å². The van der Waals surface area contributed by atoms with Gasteiger partial charge in [-0.2, -0.15) is 0 Å². The molecule has 0 aliphatic rings. The van der Waals surface area contributed by atoms with Crippen LogP contribution in [0.1, 0.15) is 5.56 Å². The second-order valence-corrected chi connectivity index (χ2v) is 3.05. The molecule has 12 heavy (non-hydrogen) atoms. The van der Waals surface area contributed by atoms with Crippen molar-refractivity contribution < 1.29 is 9.57 Å². The van der Waals surface area contributed by atoms with Gasteiger partial charge in [0.1, 0.15) is 0 Å². The molecule has 0 aliphatic heterocycles. The number of hydrogen-bond donors (Lipinski definition) is 1. The first-order valence-corrected chi connectivity index (χ1v) is 4.07. The first-order chi connectivity index (χ1) is 5.77. The Morgan fingerprint density at radius 3 is 3.00 bits per heavy atom. The predicted molar refractivity (Wildman–Crippen MR) is 47.5 cm³/mol. The molecule has 0 radical (unpaired) electrons. The van der Waals surface area contributed by atoms with Crippen LogP contribution in [-0.2, 0) is 11.4 Å². The molecule has 5 heteroatoms. The van der Waals surface area contributed by atoms with Gasteiger partial charge in [-0.3, -0.25) is 4.84 Å². The molecule has 0 aliphatic carbocycles. The van der Waals surface area contributed by atoms with Crippen LogP contribution in [0, 0.1) is 0 Å². The Labute approximate surface area is 78.8 Å². The molecule has 0 fully saturated rings. The summed E-state index contributed by atoms with van der Waals surface area (Å²) in [5, 5.41) is 0. The third kappa shape index (κ3) is 2.17. The summed E-state index contributed by atoms with van der Waals surface area (Å²) >= 11 is 3.28. The molecule has 0 aromatic carbocycles. The van der Waals surface area contributed by atoms with Gasteiger partial charge in [0.05, 0.1) is 13.7 Å². The number of halogens is 1. The summed E-state index contributed by atoms with van der Waals surface area (Å²) in [6, 6.07) is 1.85. The number of ether oxygens (including phenoxy) is 1. The van der Waals surface area contributed by atoms with Crippen molar-refractivity contribution >= 4 is 15.9 Å². The number of aromatic nitrogens is 1. The van der Waals surface area contributed by atoms with E-state index in [0.29, 0.717) is 5.88 Å². The van der Waals surface area contributed by atoms with Gasteiger partial charge >= 0.3 is 0 Å². The highest BCUT2D eigenvalue weighted by molar-refractivity contribution is 9.10. The zero-order valence-corrected chi connectivity index (χ0v) is 8.17. The van der Waals surface area contributed by atoms with Gasteiger partial charge in [-0.1, -0.05) is 0 Å². The second-order valence-electron chi connectivity index (χ2n) is 2.13. The van der Waals surface area contributed by atoms with Crippen LogP contribution in [0.15, 0.2) is 16.7 Å². The number of methoxy groups -OCH3 is 1. The predicted octanol–water partition coefficient (Wildman–Crippen LogP) is 1.24. The monoisotopic (exact) mass is 232 g/mol. The lowest BCUT2D eigenvalue weighted by atomic mass is 10.3. The number of nitrogens with zero attached hydrogens (tertiary/aromatic N) is 1. The lowest BCUT2D eigenvalue weighted by Crippen LogP contribution is -2.02. The van der Waals surface area contributed by atoms with Crippen LogP contribution < -0.4 is 10.6 Å². The van der Waals surface area contributed by atoms with Crippen molar-refractivity contribution in [1.29, 1.82) is 0 Å². The molecular weight excluding hydrogens is 224 g/mol. The Morgan fingerprint density at radius 1 is 1.67 bits per heavy atom. The van der Waals surface area contributed by atoms with Gasteiger partial charge in [-0.05, 0) is 22.0 Å². The molecule has 0 spiro atoms. The minimum atomic E-state index is 0.287. The summed E-state index contributed by atoms with van der Waals surface area (Å²) in [4.78, 5) is 8.50. The fourth-order valence-electron chi connectivity index (χ4n) is 0.846. The van der Waals surface area contributed by atoms with E-state index in [1.165, 1.54) is 0 Å². The largest absolute Gasteiger partial charge is 0.481 e. The summed E-state index contributed by atoms with van der Waals surface area (Å²) in [5.41, 5.74) is 0.814. The van der Waals surface area contributed by atoms with E-state index >= 15 is 0 Å². The van der Waals surface area contributed by atoms with Gasteiger partial charge < -0.3 is 4.74 Å². The average Bonchev–Trinajstić information content (AvgIpc) is 2.05. The maximum atomic E-state index is 4.99. The first-order valence-electron chi connectivity index (χ1n) is 3.28. The van der Waals surface area contributed by atoms with Crippen LogP contribution in [0.25, 0.3) is 0 Å². The van der Waals surface area contributed by atoms with E-state index in [2.05, 4.69) is 25.8 Å². The molecule has 66 valence electrons. The highest BCUT2D eigenvalue weighted by Crippen LogP contribution is 2.19. The Hall–Kier alpha value is -0.650. The van der Waals surface area contributed by atoms with Crippen molar-refractivity contribution in [2.75, 3.05) is 7.11 Å². The minimum absolute atomic E-state index is 0.287. The highest BCUT2D eigenvalue weighted by Gasteiger charge is 2.04. The maximum Gasteiger partial charge on any atom is 0.218 e. The van der Waals surface area contributed by atoms with Crippen molar-refractivity contribution in [1.82, 2.24) is 4.98 Å². The third-order valence-corrected chi connectivity index (χ3v) is 1.76. The van der Waals surface area contributed by atoms with Gasteiger partial charge in [0.15, 0.2) is 0 Å². The van der Waals surface area contributed by atoms with E-state index in [1.54, 1.807) is 13.3 Å². The van der Waals surface area contributed by atoms with Gasteiger partial charge in [-0.15, -0.1) is 0 Å². The lowest BCUT2D eigenvalue weighted by Gasteiger charge is -2.05. The minimum Gasteiger partial charge on any atom is -0.481 e. The van der Waals surface area contributed by atoms with Crippen molar-refractivity contribution in [3.63, 3.8) is 0 Å². The van der Waals surface area contributed by atoms with Gasteiger partial charge in [0.25, 0.3) is 0 Å². The van der Waals surface area contributed by atoms with Crippen LogP contribution in [0.4, 0.5) is 0 Å². The number of rotatable bonds is 3. The Kier molecular flexibility index (Phi) is 3.46. The fraction of sp³-hybridized carbons (Fsp3) is 0.286. The topological polar surface area (TPSA) is 57.4 Å². The van der Waals surface area contributed by atoms with Gasteiger partial charge in [-0.25, -0.2) is 10.9 Å². The molecular formula is C7H9BrN2O2.